The Morgan fingerprint density at radius 1 is 0.841 bits per heavy atom. The summed E-state index contributed by atoms with van der Waals surface area (Å²) < 4.78 is 17.5. The van der Waals surface area contributed by atoms with Gasteiger partial charge in [0.1, 0.15) is 12.4 Å². The molecule has 0 fully saturated rings. The van der Waals surface area contributed by atoms with Crippen molar-refractivity contribution in [3.05, 3.63) is 137 Å². The van der Waals surface area contributed by atoms with Crippen molar-refractivity contribution in [1.29, 1.82) is 0 Å². The SMILES string of the molecule is COc1ccc(C[C@H]2c3cc(OCc4ccccc4)c(OC)cc3CCN2C(=O)N[C@H](C)c2cccc3ccccc23)cc1. The van der Waals surface area contributed by atoms with Crippen molar-refractivity contribution in [3.8, 4) is 17.2 Å². The number of benzene rings is 5. The Labute approximate surface area is 259 Å². The van der Waals surface area contributed by atoms with E-state index in [9.17, 15) is 4.79 Å². The molecule has 0 aliphatic carbocycles. The second-order valence-corrected chi connectivity index (χ2v) is 11.2. The van der Waals surface area contributed by atoms with Crippen LogP contribution in [0.4, 0.5) is 4.79 Å². The van der Waals surface area contributed by atoms with E-state index in [1.165, 1.54) is 5.56 Å². The highest BCUT2D eigenvalue weighted by Crippen LogP contribution is 2.40. The molecular weight excluding hydrogens is 548 g/mol. The third-order valence-electron chi connectivity index (χ3n) is 8.50. The fraction of sp³-hybridized carbons (Fsp3) is 0.237. The van der Waals surface area contributed by atoms with Gasteiger partial charge in [-0.15, -0.1) is 0 Å². The summed E-state index contributed by atoms with van der Waals surface area (Å²) in [6.45, 7) is 3.07. The topological polar surface area (TPSA) is 60.0 Å². The van der Waals surface area contributed by atoms with Gasteiger partial charge in [0.25, 0.3) is 0 Å². The van der Waals surface area contributed by atoms with Crippen molar-refractivity contribution < 1.29 is 19.0 Å². The van der Waals surface area contributed by atoms with E-state index in [1.54, 1.807) is 14.2 Å². The van der Waals surface area contributed by atoms with Gasteiger partial charge in [0.15, 0.2) is 11.5 Å². The monoisotopic (exact) mass is 586 g/mol. The summed E-state index contributed by atoms with van der Waals surface area (Å²) in [6, 6.07) is 36.4. The van der Waals surface area contributed by atoms with Gasteiger partial charge < -0.3 is 24.4 Å². The number of carbonyl (C=O) groups excluding carboxylic acids is 1. The predicted octanol–water partition coefficient (Wildman–Crippen LogP) is 8.05. The Bertz CT molecular complexity index is 1730. The summed E-state index contributed by atoms with van der Waals surface area (Å²) in [5.41, 5.74) is 5.53. The summed E-state index contributed by atoms with van der Waals surface area (Å²) >= 11 is 0. The van der Waals surface area contributed by atoms with Crippen molar-refractivity contribution >= 4 is 16.8 Å². The first kappa shape index (κ1) is 29.1. The Balaban J connectivity index is 1.32. The first-order valence-corrected chi connectivity index (χ1v) is 15.1. The fourth-order valence-electron chi connectivity index (χ4n) is 6.14. The predicted molar refractivity (Wildman–Crippen MR) is 175 cm³/mol. The highest BCUT2D eigenvalue weighted by Gasteiger charge is 2.33. The number of carbonyl (C=O) groups is 1. The van der Waals surface area contributed by atoms with Gasteiger partial charge in [0.2, 0.25) is 0 Å². The summed E-state index contributed by atoms with van der Waals surface area (Å²) in [5, 5.41) is 5.62. The van der Waals surface area contributed by atoms with E-state index >= 15 is 0 Å². The number of urea groups is 1. The number of hydrogen-bond donors (Lipinski definition) is 1. The molecule has 44 heavy (non-hydrogen) atoms. The van der Waals surface area contributed by atoms with Crippen molar-refractivity contribution in [2.45, 2.75) is 38.5 Å². The number of fused-ring (bicyclic) bond motifs is 2. The van der Waals surface area contributed by atoms with Gasteiger partial charge >= 0.3 is 6.03 Å². The van der Waals surface area contributed by atoms with E-state index < -0.39 is 0 Å². The molecule has 5 aromatic rings. The average molecular weight is 587 g/mol. The van der Waals surface area contributed by atoms with Crippen LogP contribution >= 0.6 is 0 Å². The highest BCUT2D eigenvalue weighted by molar-refractivity contribution is 5.87. The molecule has 1 aliphatic rings. The van der Waals surface area contributed by atoms with E-state index in [0.717, 1.165) is 45.2 Å². The van der Waals surface area contributed by atoms with Crippen LogP contribution in [-0.2, 0) is 19.4 Å². The molecule has 5 aromatic carbocycles. The van der Waals surface area contributed by atoms with E-state index in [4.69, 9.17) is 14.2 Å². The fourth-order valence-corrected chi connectivity index (χ4v) is 6.14. The zero-order valence-corrected chi connectivity index (χ0v) is 25.5. The highest BCUT2D eigenvalue weighted by atomic mass is 16.5. The van der Waals surface area contributed by atoms with Crippen molar-refractivity contribution in [3.63, 3.8) is 0 Å². The second kappa shape index (κ2) is 13.1. The molecule has 0 radical (unpaired) electrons. The Hall–Kier alpha value is -4.97. The van der Waals surface area contributed by atoms with Gasteiger partial charge in [-0.25, -0.2) is 4.79 Å². The van der Waals surface area contributed by atoms with Crippen LogP contribution in [0.1, 0.15) is 46.8 Å². The van der Waals surface area contributed by atoms with Gasteiger partial charge in [-0.1, -0.05) is 84.9 Å². The molecule has 2 atom stereocenters. The number of methoxy groups -OCH3 is 2. The molecule has 0 aromatic heterocycles. The van der Waals surface area contributed by atoms with Gasteiger partial charge in [0.05, 0.1) is 26.3 Å². The molecule has 1 N–H and O–H groups in total. The smallest absolute Gasteiger partial charge is 0.318 e. The number of nitrogens with one attached hydrogen (secondary N) is 1. The molecule has 1 heterocycles. The second-order valence-electron chi connectivity index (χ2n) is 11.2. The average Bonchev–Trinajstić information content (AvgIpc) is 3.07. The third-order valence-corrected chi connectivity index (χ3v) is 8.50. The summed E-state index contributed by atoms with van der Waals surface area (Å²) in [6.07, 6.45) is 1.37. The number of hydrogen-bond acceptors (Lipinski definition) is 4. The summed E-state index contributed by atoms with van der Waals surface area (Å²) in [4.78, 5) is 16.1. The van der Waals surface area contributed by atoms with Crippen LogP contribution in [0.25, 0.3) is 10.8 Å². The molecular formula is C38H38N2O4. The quantitative estimate of drug-likeness (QED) is 0.190. The lowest BCUT2D eigenvalue weighted by Gasteiger charge is -2.38. The van der Waals surface area contributed by atoms with E-state index in [-0.39, 0.29) is 18.1 Å². The molecule has 6 heteroatoms. The van der Waals surface area contributed by atoms with Crippen LogP contribution in [0.2, 0.25) is 0 Å². The first-order chi connectivity index (χ1) is 21.5. The largest absolute Gasteiger partial charge is 0.497 e. The van der Waals surface area contributed by atoms with Crippen LogP contribution in [-0.4, -0.2) is 31.7 Å². The maximum Gasteiger partial charge on any atom is 0.318 e. The van der Waals surface area contributed by atoms with Gasteiger partial charge in [0, 0.05) is 6.54 Å². The van der Waals surface area contributed by atoms with E-state index in [2.05, 4.69) is 60.8 Å². The lowest BCUT2D eigenvalue weighted by molar-refractivity contribution is 0.165. The third kappa shape index (κ3) is 6.20. The normalized spacial score (nSPS) is 14.9. The summed E-state index contributed by atoms with van der Waals surface area (Å²) in [5.74, 6) is 2.17. The maximum absolute atomic E-state index is 14.1. The van der Waals surface area contributed by atoms with Crippen molar-refractivity contribution in [2.24, 2.45) is 0 Å². The molecule has 0 unspecified atom stereocenters. The van der Waals surface area contributed by atoms with Gasteiger partial charge in [-0.2, -0.15) is 0 Å². The summed E-state index contributed by atoms with van der Waals surface area (Å²) in [7, 11) is 3.34. The van der Waals surface area contributed by atoms with Crippen molar-refractivity contribution in [1.82, 2.24) is 10.2 Å². The van der Waals surface area contributed by atoms with Crippen LogP contribution in [0.15, 0.2) is 109 Å². The molecule has 0 bridgehead atoms. The molecule has 6 nitrogen and oxygen atoms in total. The molecule has 1 aliphatic heterocycles. The molecule has 224 valence electrons. The Kier molecular flexibility index (Phi) is 8.69. The van der Waals surface area contributed by atoms with Crippen molar-refractivity contribution in [2.75, 3.05) is 20.8 Å². The zero-order valence-electron chi connectivity index (χ0n) is 25.5. The molecule has 0 saturated carbocycles. The lowest BCUT2D eigenvalue weighted by atomic mass is 9.88. The molecule has 6 rings (SSSR count). The van der Waals surface area contributed by atoms with E-state index in [0.29, 0.717) is 31.1 Å². The van der Waals surface area contributed by atoms with Crippen LogP contribution < -0.4 is 19.5 Å². The zero-order chi connectivity index (χ0) is 30.5. The van der Waals surface area contributed by atoms with Crippen LogP contribution in [0.5, 0.6) is 17.2 Å². The minimum Gasteiger partial charge on any atom is -0.497 e. The Morgan fingerprint density at radius 2 is 1.59 bits per heavy atom. The first-order valence-electron chi connectivity index (χ1n) is 15.1. The standard InChI is InChI=1S/C38H38N2O4/c1-26(32-15-9-13-29-12-7-8-14-33(29)32)39-38(41)40-21-20-30-23-36(43-3)37(44-25-28-10-5-4-6-11-28)24-34(30)35(40)22-27-16-18-31(42-2)19-17-27/h4-19,23-24,26,35H,20-22,25H2,1-3H3,(H,39,41)/t26-,35+/m1/s1. The lowest BCUT2D eigenvalue weighted by Crippen LogP contribution is -2.47. The van der Waals surface area contributed by atoms with Crippen LogP contribution in [0.3, 0.4) is 0 Å². The van der Waals surface area contributed by atoms with Gasteiger partial charge in [-0.3, -0.25) is 0 Å². The number of ether oxygens (including phenoxy) is 3. The minimum absolute atomic E-state index is 0.0860. The number of nitrogens with zero attached hydrogens (tertiary/aromatic N) is 1. The molecule has 2 amide bonds. The molecule has 0 saturated heterocycles. The Morgan fingerprint density at radius 3 is 2.36 bits per heavy atom. The van der Waals surface area contributed by atoms with Crippen LogP contribution in [0, 0.1) is 0 Å². The van der Waals surface area contributed by atoms with E-state index in [1.807, 2.05) is 65.6 Å². The van der Waals surface area contributed by atoms with Gasteiger partial charge in [-0.05, 0) is 82.6 Å². The minimum atomic E-state index is -0.197. The maximum atomic E-state index is 14.1. The molecule has 0 spiro atoms. The number of amides is 2. The number of rotatable bonds is 9.